The van der Waals surface area contributed by atoms with Crippen molar-refractivity contribution in [3.8, 4) is 0 Å². The lowest BCUT2D eigenvalue weighted by molar-refractivity contribution is 0.102. The van der Waals surface area contributed by atoms with Crippen molar-refractivity contribution in [2.75, 3.05) is 10.6 Å². The summed E-state index contributed by atoms with van der Waals surface area (Å²) in [6, 6.07) is 19.6. The van der Waals surface area contributed by atoms with Gasteiger partial charge in [0.05, 0.1) is 5.69 Å². The van der Waals surface area contributed by atoms with Gasteiger partial charge in [0.15, 0.2) is 0 Å². The number of aryl methyl sites for hydroxylation is 1. The topological polar surface area (TPSA) is 58.2 Å². The molecule has 0 bridgehead atoms. The van der Waals surface area contributed by atoms with Crippen molar-refractivity contribution in [1.29, 1.82) is 0 Å². The fourth-order valence-electron chi connectivity index (χ4n) is 2.48. The third kappa shape index (κ3) is 4.13. The van der Waals surface area contributed by atoms with Gasteiger partial charge >= 0.3 is 0 Å². The smallest absolute Gasteiger partial charge is 0.255 e. The van der Waals surface area contributed by atoms with Gasteiger partial charge < -0.3 is 10.6 Å². The SMILES string of the molecule is Cc1cccc(NC(=O)c2cccc(C(=O)Nc3ccccc3F)c2)c1. The lowest BCUT2D eigenvalue weighted by Crippen LogP contribution is -2.16. The van der Waals surface area contributed by atoms with Crippen molar-refractivity contribution in [2.45, 2.75) is 6.92 Å². The minimum absolute atomic E-state index is 0.0899. The molecule has 3 aromatic rings. The van der Waals surface area contributed by atoms with Crippen LogP contribution in [-0.2, 0) is 0 Å². The molecule has 3 rings (SSSR count). The number of nitrogens with one attached hydrogen (secondary N) is 2. The summed E-state index contributed by atoms with van der Waals surface area (Å²) in [6.45, 7) is 1.93. The van der Waals surface area contributed by atoms with E-state index >= 15 is 0 Å². The number of hydrogen-bond donors (Lipinski definition) is 2. The first-order valence-electron chi connectivity index (χ1n) is 8.07. The van der Waals surface area contributed by atoms with Gasteiger partial charge in [-0.15, -0.1) is 0 Å². The zero-order valence-electron chi connectivity index (χ0n) is 14.1. The Morgan fingerprint density at radius 1 is 0.769 bits per heavy atom. The minimum Gasteiger partial charge on any atom is -0.322 e. The third-order valence-corrected chi connectivity index (χ3v) is 3.78. The lowest BCUT2D eigenvalue weighted by Gasteiger charge is -2.09. The number of carbonyl (C=O) groups excluding carboxylic acids is 2. The Bertz CT molecular complexity index is 969. The van der Waals surface area contributed by atoms with Crippen LogP contribution >= 0.6 is 0 Å². The highest BCUT2D eigenvalue weighted by atomic mass is 19.1. The molecule has 0 saturated carbocycles. The van der Waals surface area contributed by atoms with Crippen LogP contribution < -0.4 is 10.6 Å². The molecule has 130 valence electrons. The van der Waals surface area contributed by atoms with Gasteiger partial charge in [-0.25, -0.2) is 4.39 Å². The number of rotatable bonds is 4. The van der Waals surface area contributed by atoms with Crippen molar-refractivity contribution in [3.63, 3.8) is 0 Å². The number of carbonyl (C=O) groups is 2. The second-order valence-corrected chi connectivity index (χ2v) is 5.84. The summed E-state index contributed by atoms with van der Waals surface area (Å²) < 4.78 is 13.7. The van der Waals surface area contributed by atoms with Gasteiger partial charge in [0, 0.05) is 16.8 Å². The number of amides is 2. The Hall–Kier alpha value is -3.47. The summed E-state index contributed by atoms with van der Waals surface area (Å²) in [4.78, 5) is 24.7. The number of halogens is 1. The van der Waals surface area contributed by atoms with E-state index in [0.717, 1.165) is 5.56 Å². The van der Waals surface area contributed by atoms with Gasteiger partial charge in [-0.1, -0.05) is 30.3 Å². The van der Waals surface area contributed by atoms with E-state index in [2.05, 4.69) is 10.6 Å². The molecule has 4 nitrogen and oxygen atoms in total. The van der Waals surface area contributed by atoms with Crippen molar-refractivity contribution < 1.29 is 14.0 Å². The zero-order chi connectivity index (χ0) is 18.5. The Kier molecular flexibility index (Phi) is 5.08. The van der Waals surface area contributed by atoms with Crippen LogP contribution in [0, 0.1) is 12.7 Å². The van der Waals surface area contributed by atoms with E-state index in [1.807, 2.05) is 25.1 Å². The molecule has 5 heteroatoms. The van der Waals surface area contributed by atoms with Crippen LogP contribution in [-0.4, -0.2) is 11.8 Å². The molecule has 0 aliphatic rings. The van der Waals surface area contributed by atoms with Gasteiger partial charge in [0.25, 0.3) is 11.8 Å². The summed E-state index contributed by atoms with van der Waals surface area (Å²) in [6.07, 6.45) is 0. The molecule has 3 aromatic carbocycles. The number of anilines is 2. The van der Waals surface area contributed by atoms with Crippen molar-refractivity contribution in [3.05, 3.63) is 95.3 Å². The maximum atomic E-state index is 13.7. The Morgan fingerprint density at radius 3 is 2.12 bits per heavy atom. The third-order valence-electron chi connectivity index (χ3n) is 3.78. The first-order valence-corrected chi connectivity index (χ1v) is 8.07. The Morgan fingerprint density at radius 2 is 1.42 bits per heavy atom. The molecule has 2 N–H and O–H groups in total. The van der Waals surface area contributed by atoms with Crippen molar-refractivity contribution >= 4 is 23.2 Å². The van der Waals surface area contributed by atoms with Crippen LogP contribution in [0.25, 0.3) is 0 Å². The second-order valence-electron chi connectivity index (χ2n) is 5.84. The molecule has 0 aliphatic carbocycles. The molecule has 2 amide bonds. The van der Waals surface area contributed by atoms with Crippen molar-refractivity contribution in [1.82, 2.24) is 0 Å². The number of hydrogen-bond acceptors (Lipinski definition) is 2. The molecule has 0 saturated heterocycles. The average Bonchev–Trinajstić information content (AvgIpc) is 2.63. The number of para-hydroxylation sites is 1. The van der Waals surface area contributed by atoms with E-state index in [4.69, 9.17) is 0 Å². The average molecular weight is 348 g/mol. The highest BCUT2D eigenvalue weighted by Gasteiger charge is 2.12. The fourth-order valence-corrected chi connectivity index (χ4v) is 2.48. The lowest BCUT2D eigenvalue weighted by atomic mass is 10.1. The van der Waals surface area contributed by atoms with E-state index in [9.17, 15) is 14.0 Å². The maximum absolute atomic E-state index is 13.7. The van der Waals surface area contributed by atoms with Gasteiger partial charge in [0.1, 0.15) is 5.82 Å². The predicted molar refractivity (Wildman–Crippen MR) is 99.9 cm³/mol. The van der Waals surface area contributed by atoms with Crippen LogP contribution in [0.15, 0.2) is 72.8 Å². The van der Waals surface area contributed by atoms with Gasteiger partial charge in [-0.2, -0.15) is 0 Å². The molecule has 0 fully saturated rings. The van der Waals surface area contributed by atoms with Crippen LogP contribution in [0.5, 0.6) is 0 Å². The summed E-state index contributed by atoms with van der Waals surface area (Å²) >= 11 is 0. The van der Waals surface area contributed by atoms with Gasteiger partial charge in [-0.05, 0) is 55.0 Å². The van der Waals surface area contributed by atoms with Crippen molar-refractivity contribution in [2.24, 2.45) is 0 Å². The zero-order valence-corrected chi connectivity index (χ0v) is 14.1. The highest BCUT2D eigenvalue weighted by Crippen LogP contribution is 2.16. The van der Waals surface area contributed by atoms with E-state index < -0.39 is 11.7 Å². The predicted octanol–water partition coefficient (Wildman–Crippen LogP) is 4.64. The fraction of sp³-hybridized carbons (Fsp3) is 0.0476. The van der Waals surface area contributed by atoms with Gasteiger partial charge in [-0.3, -0.25) is 9.59 Å². The van der Waals surface area contributed by atoms with E-state index in [1.165, 1.54) is 18.2 Å². The van der Waals surface area contributed by atoms with Crippen LogP contribution in [0.1, 0.15) is 26.3 Å². The molecular weight excluding hydrogens is 331 g/mol. The monoisotopic (exact) mass is 348 g/mol. The molecule has 0 aromatic heterocycles. The first-order chi connectivity index (χ1) is 12.5. The molecule has 0 spiro atoms. The first kappa shape index (κ1) is 17.4. The number of benzene rings is 3. The minimum atomic E-state index is -0.519. The Labute approximate surface area is 150 Å². The van der Waals surface area contributed by atoms with E-state index in [-0.39, 0.29) is 17.2 Å². The van der Waals surface area contributed by atoms with Gasteiger partial charge in [0.2, 0.25) is 0 Å². The second kappa shape index (κ2) is 7.61. The molecular formula is C21H17FN2O2. The standard InChI is InChI=1S/C21H17FN2O2/c1-14-6-4-9-17(12-14)23-20(25)15-7-5-8-16(13-15)21(26)24-19-11-3-2-10-18(19)22/h2-13H,1H3,(H,23,25)(H,24,26). The van der Waals surface area contributed by atoms with Crippen LogP contribution in [0.3, 0.4) is 0 Å². The van der Waals surface area contributed by atoms with E-state index in [0.29, 0.717) is 11.3 Å². The summed E-state index contributed by atoms with van der Waals surface area (Å²) in [5, 5.41) is 5.30. The molecule has 0 atom stereocenters. The summed E-state index contributed by atoms with van der Waals surface area (Å²) in [5.41, 5.74) is 2.40. The maximum Gasteiger partial charge on any atom is 0.255 e. The summed E-state index contributed by atoms with van der Waals surface area (Å²) in [5.74, 6) is -1.33. The van der Waals surface area contributed by atoms with E-state index in [1.54, 1.807) is 36.4 Å². The molecule has 0 radical (unpaired) electrons. The molecule has 0 aliphatic heterocycles. The normalized spacial score (nSPS) is 10.2. The molecule has 26 heavy (non-hydrogen) atoms. The molecule has 0 unspecified atom stereocenters. The van der Waals surface area contributed by atoms with Crippen LogP contribution in [0.4, 0.5) is 15.8 Å². The van der Waals surface area contributed by atoms with Crippen LogP contribution in [0.2, 0.25) is 0 Å². The molecule has 0 heterocycles. The quantitative estimate of drug-likeness (QED) is 0.722. The Balaban J connectivity index is 1.76. The summed E-state index contributed by atoms with van der Waals surface area (Å²) in [7, 11) is 0. The highest BCUT2D eigenvalue weighted by molar-refractivity contribution is 6.08. The largest absolute Gasteiger partial charge is 0.322 e.